The number of carbonyl (C=O) groups excluding carboxylic acids is 2. The van der Waals surface area contributed by atoms with Gasteiger partial charge >= 0.3 is 0 Å². The highest BCUT2D eigenvalue weighted by molar-refractivity contribution is 6.04. The van der Waals surface area contributed by atoms with Crippen molar-refractivity contribution in [2.24, 2.45) is 0 Å². The third-order valence-corrected chi connectivity index (χ3v) is 3.62. The standard InChI is InChI=1S/C20H17FN4O2/c1-13(26)23-15-6-8-16(9-7-15)24-17-10-14(11-22-12-17)20(27)25-19-5-3-2-4-18(19)21/h2-12,24H,1H3,(H,23,26)(H,25,27). The Balaban J connectivity index is 1.70. The number of benzene rings is 2. The highest BCUT2D eigenvalue weighted by atomic mass is 19.1. The van der Waals surface area contributed by atoms with Gasteiger partial charge in [-0.3, -0.25) is 14.6 Å². The molecular weight excluding hydrogens is 347 g/mol. The number of rotatable bonds is 5. The molecule has 0 aliphatic carbocycles. The van der Waals surface area contributed by atoms with Gasteiger partial charge in [0.15, 0.2) is 0 Å². The molecule has 0 aliphatic heterocycles. The van der Waals surface area contributed by atoms with Gasteiger partial charge in [-0.25, -0.2) is 4.39 Å². The number of nitrogens with zero attached hydrogens (tertiary/aromatic N) is 1. The maximum atomic E-state index is 13.7. The Kier molecular flexibility index (Phi) is 5.41. The second-order valence-electron chi connectivity index (χ2n) is 5.78. The van der Waals surface area contributed by atoms with Crippen LogP contribution in [0.3, 0.4) is 0 Å². The Morgan fingerprint density at radius 1 is 0.889 bits per heavy atom. The fraction of sp³-hybridized carbons (Fsp3) is 0.0500. The summed E-state index contributed by atoms with van der Waals surface area (Å²) in [6.45, 7) is 1.44. The zero-order valence-corrected chi connectivity index (χ0v) is 14.5. The van der Waals surface area contributed by atoms with Gasteiger partial charge < -0.3 is 16.0 Å². The predicted octanol–water partition coefficient (Wildman–Crippen LogP) is 4.18. The molecule has 3 aromatic rings. The number of amides is 2. The molecule has 6 nitrogen and oxygen atoms in total. The largest absolute Gasteiger partial charge is 0.354 e. The predicted molar refractivity (Wildman–Crippen MR) is 103 cm³/mol. The van der Waals surface area contributed by atoms with Crippen molar-refractivity contribution in [3.63, 3.8) is 0 Å². The van der Waals surface area contributed by atoms with E-state index in [1.165, 1.54) is 25.3 Å². The van der Waals surface area contributed by atoms with E-state index in [1.54, 1.807) is 48.7 Å². The third-order valence-electron chi connectivity index (χ3n) is 3.62. The van der Waals surface area contributed by atoms with Crippen molar-refractivity contribution in [1.29, 1.82) is 0 Å². The number of carbonyl (C=O) groups is 2. The van der Waals surface area contributed by atoms with Gasteiger partial charge in [0, 0.05) is 24.5 Å². The maximum absolute atomic E-state index is 13.7. The van der Waals surface area contributed by atoms with Crippen LogP contribution in [0.1, 0.15) is 17.3 Å². The average Bonchev–Trinajstić information content (AvgIpc) is 2.65. The summed E-state index contributed by atoms with van der Waals surface area (Å²) in [5.74, 6) is -1.11. The number of para-hydroxylation sites is 1. The molecule has 0 fully saturated rings. The first kappa shape index (κ1) is 18.1. The molecule has 3 rings (SSSR count). The van der Waals surface area contributed by atoms with Gasteiger partial charge in [0.05, 0.1) is 23.1 Å². The number of pyridine rings is 1. The lowest BCUT2D eigenvalue weighted by Gasteiger charge is -2.10. The van der Waals surface area contributed by atoms with E-state index >= 15 is 0 Å². The lowest BCUT2D eigenvalue weighted by atomic mass is 10.2. The highest BCUT2D eigenvalue weighted by Gasteiger charge is 2.10. The van der Waals surface area contributed by atoms with E-state index in [0.29, 0.717) is 11.4 Å². The zero-order chi connectivity index (χ0) is 19.2. The number of hydrogen-bond donors (Lipinski definition) is 3. The van der Waals surface area contributed by atoms with Crippen molar-refractivity contribution in [3.8, 4) is 0 Å². The van der Waals surface area contributed by atoms with Crippen LogP contribution in [0.2, 0.25) is 0 Å². The summed E-state index contributed by atoms with van der Waals surface area (Å²) in [5.41, 5.74) is 2.44. The van der Waals surface area contributed by atoms with Crippen molar-refractivity contribution in [1.82, 2.24) is 4.98 Å². The molecule has 1 aromatic heterocycles. The van der Waals surface area contributed by atoms with Gasteiger partial charge in [0.2, 0.25) is 5.91 Å². The summed E-state index contributed by atoms with van der Waals surface area (Å²) in [6, 6.07) is 14.7. The van der Waals surface area contributed by atoms with Gasteiger partial charge in [0.1, 0.15) is 5.82 Å². The Bertz CT molecular complexity index is 974. The molecule has 1 heterocycles. The summed E-state index contributed by atoms with van der Waals surface area (Å²) < 4.78 is 13.7. The van der Waals surface area contributed by atoms with E-state index in [9.17, 15) is 14.0 Å². The summed E-state index contributed by atoms with van der Waals surface area (Å²) in [7, 11) is 0. The summed E-state index contributed by atoms with van der Waals surface area (Å²) in [5, 5.41) is 8.33. The van der Waals surface area contributed by atoms with E-state index in [1.807, 2.05) is 0 Å². The molecule has 0 aliphatic rings. The number of aromatic nitrogens is 1. The van der Waals surface area contributed by atoms with E-state index in [4.69, 9.17) is 0 Å². The molecule has 2 aromatic carbocycles. The van der Waals surface area contributed by atoms with Crippen molar-refractivity contribution < 1.29 is 14.0 Å². The Morgan fingerprint density at radius 2 is 1.59 bits per heavy atom. The Hall–Kier alpha value is -3.74. The Labute approximate surface area is 155 Å². The van der Waals surface area contributed by atoms with Crippen molar-refractivity contribution in [2.75, 3.05) is 16.0 Å². The number of anilines is 4. The first-order valence-electron chi connectivity index (χ1n) is 8.17. The molecule has 3 N–H and O–H groups in total. The molecule has 2 amide bonds. The van der Waals surface area contributed by atoms with Crippen LogP contribution in [-0.4, -0.2) is 16.8 Å². The molecule has 27 heavy (non-hydrogen) atoms. The van der Waals surface area contributed by atoms with Crippen LogP contribution < -0.4 is 16.0 Å². The summed E-state index contributed by atoms with van der Waals surface area (Å²) >= 11 is 0. The van der Waals surface area contributed by atoms with Crippen LogP contribution in [-0.2, 0) is 4.79 Å². The molecule has 0 spiro atoms. The minimum atomic E-state index is -0.507. The lowest BCUT2D eigenvalue weighted by Crippen LogP contribution is -2.13. The minimum Gasteiger partial charge on any atom is -0.354 e. The normalized spacial score (nSPS) is 10.1. The molecule has 0 radical (unpaired) electrons. The topological polar surface area (TPSA) is 83.1 Å². The van der Waals surface area contributed by atoms with Crippen LogP contribution in [0.5, 0.6) is 0 Å². The van der Waals surface area contributed by atoms with Crippen LogP contribution >= 0.6 is 0 Å². The molecule has 136 valence electrons. The second kappa shape index (κ2) is 8.09. The van der Waals surface area contributed by atoms with Gasteiger partial charge in [0.25, 0.3) is 5.91 Å². The monoisotopic (exact) mass is 364 g/mol. The highest BCUT2D eigenvalue weighted by Crippen LogP contribution is 2.20. The zero-order valence-electron chi connectivity index (χ0n) is 14.5. The van der Waals surface area contributed by atoms with Crippen molar-refractivity contribution in [2.45, 2.75) is 6.92 Å². The van der Waals surface area contributed by atoms with E-state index in [0.717, 1.165) is 5.69 Å². The quantitative estimate of drug-likeness (QED) is 0.634. The second-order valence-corrected chi connectivity index (χ2v) is 5.78. The van der Waals surface area contributed by atoms with Crippen LogP contribution in [0.25, 0.3) is 0 Å². The number of hydrogen-bond acceptors (Lipinski definition) is 4. The Morgan fingerprint density at radius 3 is 2.30 bits per heavy atom. The van der Waals surface area contributed by atoms with E-state index in [-0.39, 0.29) is 17.2 Å². The maximum Gasteiger partial charge on any atom is 0.257 e. The molecule has 0 saturated heterocycles. The van der Waals surface area contributed by atoms with E-state index < -0.39 is 11.7 Å². The molecule has 0 bridgehead atoms. The minimum absolute atomic E-state index is 0.106. The summed E-state index contributed by atoms with van der Waals surface area (Å²) in [6.07, 6.45) is 2.98. The first-order valence-corrected chi connectivity index (χ1v) is 8.17. The molecular formula is C20H17FN4O2. The van der Waals surface area contributed by atoms with Gasteiger partial charge in [-0.1, -0.05) is 12.1 Å². The molecule has 0 unspecified atom stereocenters. The SMILES string of the molecule is CC(=O)Nc1ccc(Nc2cncc(C(=O)Nc3ccccc3F)c2)cc1. The fourth-order valence-electron chi connectivity index (χ4n) is 2.40. The van der Waals surface area contributed by atoms with Gasteiger partial charge in [-0.2, -0.15) is 0 Å². The van der Waals surface area contributed by atoms with Gasteiger partial charge in [-0.15, -0.1) is 0 Å². The molecule has 7 heteroatoms. The summed E-state index contributed by atoms with van der Waals surface area (Å²) in [4.78, 5) is 27.4. The lowest BCUT2D eigenvalue weighted by molar-refractivity contribution is -0.114. The van der Waals surface area contributed by atoms with Crippen molar-refractivity contribution in [3.05, 3.63) is 78.4 Å². The average molecular weight is 364 g/mol. The first-order chi connectivity index (χ1) is 13.0. The van der Waals surface area contributed by atoms with Gasteiger partial charge in [-0.05, 0) is 42.5 Å². The number of halogens is 1. The van der Waals surface area contributed by atoms with Crippen molar-refractivity contribution >= 4 is 34.6 Å². The fourth-order valence-corrected chi connectivity index (χ4v) is 2.40. The van der Waals surface area contributed by atoms with Crippen LogP contribution in [0.15, 0.2) is 67.0 Å². The van der Waals surface area contributed by atoms with E-state index in [2.05, 4.69) is 20.9 Å². The molecule has 0 atom stereocenters. The smallest absolute Gasteiger partial charge is 0.257 e. The van der Waals surface area contributed by atoms with Crippen LogP contribution in [0.4, 0.5) is 27.1 Å². The molecule has 0 saturated carbocycles. The van der Waals surface area contributed by atoms with Crippen LogP contribution in [0, 0.1) is 5.82 Å². The third kappa shape index (κ3) is 4.88. The number of nitrogens with one attached hydrogen (secondary N) is 3.